The molecular formula is C29H20F2N8S. The molecule has 0 saturated carbocycles. The normalized spacial score (nSPS) is 11.6. The number of benzene rings is 1. The lowest BCUT2D eigenvalue weighted by atomic mass is 10.1. The quantitative estimate of drug-likeness (QED) is 0.216. The van der Waals surface area contributed by atoms with Crippen LogP contribution in [0, 0.1) is 10.9 Å². The van der Waals surface area contributed by atoms with Crippen molar-refractivity contribution in [3.8, 4) is 33.2 Å². The Morgan fingerprint density at radius 1 is 0.875 bits per heavy atom. The number of hydrogen-bond donors (Lipinski definition) is 3. The fourth-order valence-electron chi connectivity index (χ4n) is 4.68. The minimum atomic E-state index is -0.482. The standard InChI is InChI=1S/C29H20F2N8S/c30-22-7-6-21(40-22)26-25-20(8-9-34-26)36-29(37-25)27-23-24(31)19(15-35-28(23)39-38-27)18-10-17(13-33-14-18)12-32-11-16-4-2-1-3-5-16/h1-10,13-15,32H,11-12H2,(H,36,37)(H,35,38,39). The number of aromatic amines is 2. The zero-order valence-electron chi connectivity index (χ0n) is 20.8. The van der Waals surface area contributed by atoms with Gasteiger partial charge < -0.3 is 10.3 Å². The summed E-state index contributed by atoms with van der Waals surface area (Å²) < 4.78 is 29.8. The summed E-state index contributed by atoms with van der Waals surface area (Å²) in [7, 11) is 0. The second-order valence-electron chi connectivity index (χ2n) is 9.20. The average molecular weight is 551 g/mol. The first-order valence-electron chi connectivity index (χ1n) is 12.5. The van der Waals surface area contributed by atoms with Crippen molar-refractivity contribution in [1.29, 1.82) is 0 Å². The SMILES string of the molecule is Fc1ccc(-c2nccc3[nH]c(-c4n[nH]c5ncc(-c6cncc(CNCc7ccccc7)c6)c(F)c45)nc23)s1. The molecule has 6 heterocycles. The van der Waals surface area contributed by atoms with E-state index in [1.165, 1.54) is 17.8 Å². The van der Waals surface area contributed by atoms with Crippen molar-refractivity contribution in [3.63, 3.8) is 0 Å². The molecule has 6 aromatic heterocycles. The topological polar surface area (TPSA) is 108 Å². The van der Waals surface area contributed by atoms with Crippen LogP contribution in [-0.2, 0) is 13.1 Å². The monoisotopic (exact) mass is 550 g/mol. The van der Waals surface area contributed by atoms with Crippen LogP contribution >= 0.6 is 11.3 Å². The summed E-state index contributed by atoms with van der Waals surface area (Å²) >= 11 is 0.986. The molecule has 11 heteroatoms. The maximum atomic E-state index is 16.1. The Balaban J connectivity index is 1.23. The van der Waals surface area contributed by atoms with Gasteiger partial charge in [0.1, 0.15) is 22.7 Å². The Kier molecular flexibility index (Phi) is 6.06. The molecule has 40 heavy (non-hydrogen) atoms. The summed E-state index contributed by atoms with van der Waals surface area (Å²) in [5, 5.41) is 10.4. The van der Waals surface area contributed by atoms with Crippen LogP contribution in [-0.4, -0.2) is 35.1 Å². The Morgan fingerprint density at radius 3 is 2.60 bits per heavy atom. The molecular weight excluding hydrogens is 530 g/mol. The molecule has 3 N–H and O–H groups in total. The van der Waals surface area contributed by atoms with E-state index < -0.39 is 5.82 Å². The molecule has 0 aliphatic carbocycles. The molecule has 7 aromatic rings. The van der Waals surface area contributed by atoms with Gasteiger partial charge in [-0.15, -0.1) is 11.3 Å². The van der Waals surface area contributed by atoms with E-state index in [1.54, 1.807) is 30.7 Å². The van der Waals surface area contributed by atoms with Crippen LogP contribution in [0.25, 0.3) is 55.3 Å². The number of imidazole rings is 1. The van der Waals surface area contributed by atoms with Gasteiger partial charge in [0, 0.05) is 49.0 Å². The third-order valence-electron chi connectivity index (χ3n) is 6.56. The van der Waals surface area contributed by atoms with Crippen LogP contribution < -0.4 is 5.32 Å². The van der Waals surface area contributed by atoms with Crippen LogP contribution in [0.4, 0.5) is 8.78 Å². The van der Waals surface area contributed by atoms with Gasteiger partial charge in [0.15, 0.2) is 16.6 Å². The van der Waals surface area contributed by atoms with E-state index >= 15 is 4.39 Å². The fraction of sp³-hybridized carbons (Fsp3) is 0.0690. The molecule has 0 radical (unpaired) electrons. The van der Waals surface area contributed by atoms with Crippen molar-refractivity contribution in [2.75, 3.05) is 0 Å². The minimum Gasteiger partial charge on any atom is -0.336 e. The smallest absolute Gasteiger partial charge is 0.177 e. The number of rotatable bonds is 7. The number of pyridine rings is 3. The highest BCUT2D eigenvalue weighted by molar-refractivity contribution is 7.13. The lowest BCUT2D eigenvalue weighted by Gasteiger charge is -2.08. The first kappa shape index (κ1) is 24.2. The lowest BCUT2D eigenvalue weighted by molar-refractivity contribution is 0.642. The number of aromatic nitrogens is 7. The van der Waals surface area contributed by atoms with E-state index in [4.69, 9.17) is 0 Å². The average Bonchev–Trinajstić information content (AvgIpc) is 3.72. The Hall–Kier alpha value is -4.87. The maximum Gasteiger partial charge on any atom is 0.177 e. The van der Waals surface area contributed by atoms with Crippen molar-refractivity contribution in [3.05, 3.63) is 101 Å². The van der Waals surface area contributed by atoms with Gasteiger partial charge in [-0.25, -0.2) is 14.4 Å². The van der Waals surface area contributed by atoms with E-state index in [-0.39, 0.29) is 16.2 Å². The van der Waals surface area contributed by atoms with Gasteiger partial charge in [-0.05, 0) is 35.4 Å². The van der Waals surface area contributed by atoms with Gasteiger partial charge >= 0.3 is 0 Å². The van der Waals surface area contributed by atoms with Crippen molar-refractivity contribution >= 4 is 33.4 Å². The van der Waals surface area contributed by atoms with Gasteiger partial charge in [0.05, 0.1) is 15.8 Å². The van der Waals surface area contributed by atoms with Gasteiger partial charge in [-0.1, -0.05) is 30.3 Å². The molecule has 8 nitrogen and oxygen atoms in total. The van der Waals surface area contributed by atoms with E-state index in [0.717, 1.165) is 16.9 Å². The Labute approximate surface area is 230 Å². The highest BCUT2D eigenvalue weighted by Crippen LogP contribution is 2.35. The Bertz CT molecular complexity index is 1980. The number of thiophene rings is 1. The van der Waals surface area contributed by atoms with Crippen LogP contribution in [0.15, 0.2) is 79.4 Å². The molecule has 7 rings (SSSR count). The number of nitrogens with one attached hydrogen (secondary N) is 3. The van der Waals surface area contributed by atoms with E-state index in [9.17, 15) is 4.39 Å². The summed E-state index contributed by atoms with van der Waals surface area (Å²) in [6.07, 6.45) is 6.47. The van der Waals surface area contributed by atoms with Crippen LogP contribution in [0.3, 0.4) is 0 Å². The van der Waals surface area contributed by atoms with E-state index in [2.05, 4.69) is 52.6 Å². The predicted octanol–water partition coefficient (Wildman–Crippen LogP) is 6.25. The first-order valence-corrected chi connectivity index (χ1v) is 13.3. The van der Waals surface area contributed by atoms with E-state index in [1.807, 2.05) is 24.3 Å². The third kappa shape index (κ3) is 4.40. The Morgan fingerprint density at radius 2 is 1.75 bits per heavy atom. The first-order chi connectivity index (χ1) is 19.6. The number of hydrogen-bond acceptors (Lipinski definition) is 7. The highest BCUT2D eigenvalue weighted by Gasteiger charge is 2.22. The molecule has 0 spiro atoms. The molecule has 0 atom stereocenters. The molecule has 0 fully saturated rings. The molecule has 0 bridgehead atoms. The van der Waals surface area contributed by atoms with E-state index in [0.29, 0.717) is 57.3 Å². The molecule has 0 aliphatic heterocycles. The van der Waals surface area contributed by atoms with Gasteiger partial charge in [0.2, 0.25) is 0 Å². The molecule has 0 amide bonds. The van der Waals surface area contributed by atoms with Gasteiger partial charge in [0.25, 0.3) is 0 Å². The lowest BCUT2D eigenvalue weighted by Crippen LogP contribution is -2.12. The van der Waals surface area contributed by atoms with Crippen LogP contribution in [0.1, 0.15) is 11.1 Å². The van der Waals surface area contributed by atoms with Crippen molar-refractivity contribution in [1.82, 2.24) is 40.4 Å². The highest BCUT2D eigenvalue weighted by atomic mass is 32.1. The molecule has 0 saturated heterocycles. The predicted molar refractivity (Wildman–Crippen MR) is 150 cm³/mol. The second kappa shape index (κ2) is 10.0. The summed E-state index contributed by atoms with van der Waals surface area (Å²) in [6, 6.07) is 16.8. The molecule has 196 valence electrons. The molecule has 0 aliphatic rings. The van der Waals surface area contributed by atoms with Gasteiger partial charge in [-0.2, -0.15) is 9.49 Å². The zero-order chi connectivity index (χ0) is 27.1. The fourth-order valence-corrected chi connectivity index (χ4v) is 5.40. The van der Waals surface area contributed by atoms with Crippen LogP contribution in [0.2, 0.25) is 0 Å². The largest absolute Gasteiger partial charge is 0.336 e. The number of nitrogens with zero attached hydrogens (tertiary/aromatic N) is 5. The maximum absolute atomic E-state index is 16.1. The molecule has 1 aromatic carbocycles. The summed E-state index contributed by atoms with van der Waals surface area (Å²) in [5.74, 6) is -0.133. The zero-order valence-corrected chi connectivity index (χ0v) is 21.6. The summed E-state index contributed by atoms with van der Waals surface area (Å²) in [4.78, 5) is 21.7. The summed E-state index contributed by atoms with van der Waals surface area (Å²) in [6.45, 7) is 1.29. The second-order valence-corrected chi connectivity index (χ2v) is 10.2. The summed E-state index contributed by atoms with van der Waals surface area (Å²) in [5.41, 5.74) is 5.34. The number of fused-ring (bicyclic) bond motifs is 2. The number of H-pyrrole nitrogens is 2. The van der Waals surface area contributed by atoms with Crippen LogP contribution in [0.5, 0.6) is 0 Å². The van der Waals surface area contributed by atoms with Crippen molar-refractivity contribution in [2.45, 2.75) is 13.1 Å². The minimum absolute atomic E-state index is 0.209. The van der Waals surface area contributed by atoms with Crippen molar-refractivity contribution < 1.29 is 8.78 Å². The molecule has 0 unspecified atom stereocenters. The van der Waals surface area contributed by atoms with Gasteiger partial charge in [-0.3, -0.25) is 15.1 Å². The third-order valence-corrected chi connectivity index (χ3v) is 7.45. The van der Waals surface area contributed by atoms with Crippen molar-refractivity contribution in [2.24, 2.45) is 0 Å². The number of halogens is 2.